The quantitative estimate of drug-likeness (QED) is 0.816. The van der Waals surface area contributed by atoms with E-state index in [9.17, 15) is 18.3 Å². The Kier molecular flexibility index (Phi) is 3.90. The van der Waals surface area contributed by atoms with E-state index in [1.165, 1.54) is 0 Å². The Balaban J connectivity index is 2.22. The van der Waals surface area contributed by atoms with Crippen LogP contribution in [0.2, 0.25) is 0 Å². The second-order valence-electron chi connectivity index (χ2n) is 5.52. The first-order valence-corrected chi connectivity index (χ1v) is 6.62. The molecule has 18 heavy (non-hydrogen) atoms. The maximum Gasteiger partial charge on any atom is 0.405 e. The van der Waals surface area contributed by atoms with Gasteiger partial charge in [-0.05, 0) is 32.1 Å². The highest BCUT2D eigenvalue weighted by atomic mass is 19.4. The number of piperidine rings is 1. The molecule has 4 unspecified atom stereocenters. The third-order valence-corrected chi connectivity index (χ3v) is 4.30. The molecule has 2 fully saturated rings. The van der Waals surface area contributed by atoms with Crippen molar-refractivity contribution in [3.8, 4) is 0 Å². The molecule has 0 aromatic heterocycles. The van der Waals surface area contributed by atoms with E-state index in [-0.39, 0.29) is 12.1 Å². The van der Waals surface area contributed by atoms with Crippen LogP contribution in [-0.4, -0.2) is 46.5 Å². The molecule has 106 valence electrons. The molecule has 2 aliphatic rings. The summed E-state index contributed by atoms with van der Waals surface area (Å²) in [7, 11) is 0. The lowest BCUT2D eigenvalue weighted by Crippen LogP contribution is -2.61. The fourth-order valence-corrected chi connectivity index (χ4v) is 3.49. The van der Waals surface area contributed by atoms with Crippen LogP contribution in [0.4, 0.5) is 13.2 Å². The largest absolute Gasteiger partial charge is 0.405 e. The lowest BCUT2D eigenvalue weighted by Gasteiger charge is -2.44. The minimum atomic E-state index is -4.29. The number of hydrogen-bond acceptors (Lipinski definition) is 3. The molecule has 0 aliphatic carbocycles. The number of rotatable bonds is 3. The molecule has 0 spiro atoms. The van der Waals surface area contributed by atoms with Gasteiger partial charge in [-0.2, -0.15) is 13.2 Å². The molecule has 3 N–H and O–H groups in total. The minimum absolute atomic E-state index is 0.164. The van der Waals surface area contributed by atoms with Gasteiger partial charge in [0, 0.05) is 18.1 Å². The average molecular weight is 266 g/mol. The molecule has 0 radical (unpaired) electrons. The summed E-state index contributed by atoms with van der Waals surface area (Å²) < 4.78 is 39.7. The highest BCUT2D eigenvalue weighted by Gasteiger charge is 2.54. The van der Waals surface area contributed by atoms with Gasteiger partial charge >= 0.3 is 6.18 Å². The first-order chi connectivity index (χ1) is 8.34. The summed E-state index contributed by atoms with van der Waals surface area (Å²) in [5.41, 5.74) is 5.70. The van der Waals surface area contributed by atoms with Crippen LogP contribution in [-0.2, 0) is 0 Å². The summed E-state index contributed by atoms with van der Waals surface area (Å²) in [6, 6.07) is -2.78. The van der Waals surface area contributed by atoms with Crippen molar-refractivity contribution in [1.82, 2.24) is 4.90 Å². The fraction of sp³-hybridized carbons (Fsp3) is 1.00. The van der Waals surface area contributed by atoms with Crippen LogP contribution in [0.5, 0.6) is 0 Å². The average Bonchev–Trinajstić information content (AvgIpc) is 2.51. The number of nitrogens with zero attached hydrogens (tertiary/aromatic N) is 1. The molecule has 2 aliphatic heterocycles. The van der Waals surface area contributed by atoms with Gasteiger partial charge in [-0.3, -0.25) is 4.90 Å². The SMILES string of the molecule is CCC(N)C(N1C2CCC1CC(O)C2)C(F)(F)F. The van der Waals surface area contributed by atoms with Gasteiger partial charge in [-0.15, -0.1) is 0 Å². The maximum absolute atomic E-state index is 13.2. The predicted octanol–water partition coefficient (Wildman–Crippen LogP) is 1.64. The Morgan fingerprint density at radius 1 is 1.28 bits per heavy atom. The summed E-state index contributed by atoms with van der Waals surface area (Å²) in [4.78, 5) is 1.54. The van der Waals surface area contributed by atoms with Gasteiger partial charge in [0.2, 0.25) is 0 Å². The molecule has 6 heteroatoms. The Morgan fingerprint density at radius 2 is 1.78 bits per heavy atom. The third kappa shape index (κ3) is 2.51. The van der Waals surface area contributed by atoms with Crippen molar-refractivity contribution in [1.29, 1.82) is 0 Å². The second-order valence-corrected chi connectivity index (χ2v) is 5.52. The number of aliphatic hydroxyl groups excluding tert-OH is 1. The Bertz CT molecular complexity index is 284. The monoisotopic (exact) mass is 266 g/mol. The second kappa shape index (κ2) is 4.98. The van der Waals surface area contributed by atoms with Crippen LogP contribution in [0.3, 0.4) is 0 Å². The number of hydrogen-bond donors (Lipinski definition) is 2. The minimum Gasteiger partial charge on any atom is -0.393 e. The van der Waals surface area contributed by atoms with Crippen LogP contribution >= 0.6 is 0 Å². The lowest BCUT2D eigenvalue weighted by atomic mass is 9.94. The van der Waals surface area contributed by atoms with Gasteiger partial charge in [0.25, 0.3) is 0 Å². The Morgan fingerprint density at radius 3 is 2.17 bits per heavy atom. The van der Waals surface area contributed by atoms with E-state index in [2.05, 4.69) is 0 Å². The molecule has 0 amide bonds. The van der Waals surface area contributed by atoms with E-state index < -0.39 is 24.4 Å². The van der Waals surface area contributed by atoms with Crippen molar-refractivity contribution in [3.05, 3.63) is 0 Å². The molecule has 2 rings (SSSR count). The highest BCUT2D eigenvalue weighted by Crippen LogP contribution is 2.42. The van der Waals surface area contributed by atoms with Crippen LogP contribution in [0, 0.1) is 0 Å². The van der Waals surface area contributed by atoms with Crippen molar-refractivity contribution in [2.45, 2.75) is 75.5 Å². The van der Waals surface area contributed by atoms with Crippen molar-refractivity contribution in [2.75, 3.05) is 0 Å². The summed E-state index contributed by atoms with van der Waals surface area (Å²) in [6.07, 6.45) is -2.07. The van der Waals surface area contributed by atoms with Gasteiger partial charge in [-0.25, -0.2) is 0 Å². The third-order valence-electron chi connectivity index (χ3n) is 4.30. The van der Waals surface area contributed by atoms with E-state index >= 15 is 0 Å². The molecule has 2 heterocycles. The zero-order valence-corrected chi connectivity index (χ0v) is 10.5. The molecular formula is C12H21F3N2O. The van der Waals surface area contributed by atoms with E-state index in [0.29, 0.717) is 19.3 Å². The smallest absolute Gasteiger partial charge is 0.393 e. The summed E-state index contributed by atoms with van der Waals surface area (Å²) in [5, 5.41) is 9.65. The predicted molar refractivity (Wildman–Crippen MR) is 62.0 cm³/mol. The number of halogens is 3. The van der Waals surface area contributed by atoms with Crippen molar-refractivity contribution in [3.63, 3.8) is 0 Å². The number of nitrogens with two attached hydrogens (primary N) is 1. The highest BCUT2D eigenvalue weighted by molar-refractivity contribution is 5.02. The normalized spacial score (nSPS) is 36.7. The van der Waals surface area contributed by atoms with E-state index in [1.54, 1.807) is 11.8 Å². The number of alkyl halides is 3. The molecule has 2 bridgehead atoms. The van der Waals surface area contributed by atoms with Gasteiger partial charge < -0.3 is 10.8 Å². The van der Waals surface area contributed by atoms with E-state index in [4.69, 9.17) is 5.73 Å². The first-order valence-electron chi connectivity index (χ1n) is 6.62. The molecule has 3 nitrogen and oxygen atoms in total. The van der Waals surface area contributed by atoms with Gasteiger partial charge in [0.1, 0.15) is 6.04 Å². The zero-order chi connectivity index (χ0) is 13.5. The number of aliphatic hydroxyl groups is 1. The molecule has 4 atom stereocenters. The molecule has 0 saturated carbocycles. The first kappa shape index (κ1) is 14.1. The zero-order valence-electron chi connectivity index (χ0n) is 10.5. The Labute approximate surface area is 105 Å². The van der Waals surface area contributed by atoms with Crippen LogP contribution < -0.4 is 5.73 Å². The van der Waals surface area contributed by atoms with E-state index in [0.717, 1.165) is 12.8 Å². The molecule has 0 aromatic carbocycles. The van der Waals surface area contributed by atoms with Crippen molar-refractivity contribution >= 4 is 0 Å². The molecule has 0 aromatic rings. The van der Waals surface area contributed by atoms with Crippen LogP contribution in [0.1, 0.15) is 39.0 Å². The molecular weight excluding hydrogens is 245 g/mol. The fourth-order valence-electron chi connectivity index (χ4n) is 3.49. The Hall–Kier alpha value is -0.330. The van der Waals surface area contributed by atoms with Gasteiger partial charge in [-0.1, -0.05) is 6.92 Å². The van der Waals surface area contributed by atoms with Crippen molar-refractivity contribution < 1.29 is 18.3 Å². The van der Waals surface area contributed by atoms with E-state index in [1.807, 2.05) is 0 Å². The van der Waals surface area contributed by atoms with Crippen LogP contribution in [0.15, 0.2) is 0 Å². The van der Waals surface area contributed by atoms with Crippen molar-refractivity contribution in [2.24, 2.45) is 5.73 Å². The molecule has 2 saturated heterocycles. The maximum atomic E-state index is 13.2. The summed E-state index contributed by atoms with van der Waals surface area (Å²) in [5.74, 6) is 0. The summed E-state index contributed by atoms with van der Waals surface area (Å²) >= 11 is 0. The summed E-state index contributed by atoms with van der Waals surface area (Å²) in [6.45, 7) is 1.68. The number of fused-ring (bicyclic) bond motifs is 2. The topological polar surface area (TPSA) is 49.5 Å². The standard InChI is InChI=1S/C12H21F3N2O/c1-2-10(16)11(12(13,14)15)17-7-3-4-8(17)6-9(18)5-7/h7-11,18H,2-6,16H2,1H3. The lowest BCUT2D eigenvalue weighted by molar-refractivity contribution is -0.204. The van der Waals surface area contributed by atoms with Gasteiger partial charge in [0.05, 0.1) is 6.10 Å². The van der Waals surface area contributed by atoms with Gasteiger partial charge in [0.15, 0.2) is 0 Å². The van der Waals surface area contributed by atoms with Crippen LogP contribution in [0.25, 0.3) is 0 Å².